The van der Waals surface area contributed by atoms with Crippen molar-refractivity contribution >= 4 is 11.0 Å². The average molecular weight is 332 g/mol. The normalized spacial score (nSPS) is 17.1. The molecule has 0 radical (unpaired) electrons. The number of likely N-dealkylation sites (tertiary alicyclic amines) is 1. The molecule has 24 heavy (non-hydrogen) atoms. The van der Waals surface area contributed by atoms with Crippen LogP contribution in [0.1, 0.15) is 18.4 Å². The Labute approximate surface area is 143 Å². The molecular weight excluding hydrogens is 304 g/mol. The summed E-state index contributed by atoms with van der Waals surface area (Å²) in [6.07, 6.45) is 5.15. The Bertz CT molecular complexity index is 616. The predicted molar refractivity (Wildman–Crippen MR) is 95.2 cm³/mol. The number of rotatable bonds is 8. The van der Waals surface area contributed by atoms with E-state index in [1.807, 2.05) is 18.4 Å². The van der Waals surface area contributed by atoms with Crippen LogP contribution < -0.4 is 5.32 Å². The Hall–Kier alpha value is -1.40. The molecule has 5 nitrogen and oxygen atoms in total. The topological polar surface area (TPSA) is 46.9 Å². The first-order chi connectivity index (χ1) is 11.8. The summed E-state index contributed by atoms with van der Waals surface area (Å²) < 4.78 is 16.1. The van der Waals surface area contributed by atoms with Gasteiger partial charge in [-0.1, -0.05) is 18.2 Å². The van der Waals surface area contributed by atoms with Gasteiger partial charge in [0.2, 0.25) is 0 Å². The molecule has 0 unspecified atom stereocenters. The lowest BCUT2D eigenvalue weighted by molar-refractivity contribution is -0.100. The number of hydrogen-bond acceptors (Lipinski definition) is 5. The molecule has 0 spiro atoms. The fourth-order valence-corrected chi connectivity index (χ4v) is 3.39. The highest BCUT2D eigenvalue weighted by Crippen LogP contribution is 2.21. The fraction of sp³-hybridized carbons (Fsp3) is 0.579. The molecular formula is C19H28N2O3. The van der Waals surface area contributed by atoms with Crippen LogP contribution in [0, 0.1) is 0 Å². The van der Waals surface area contributed by atoms with E-state index in [-0.39, 0.29) is 6.29 Å². The summed E-state index contributed by atoms with van der Waals surface area (Å²) in [7, 11) is 3.36. The molecule has 5 heteroatoms. The third-order valence-corrected chi connectivity index (χ3v) is 4.95. The van der Waals surface area contributed by atoms with Gasteiger partial charge in [-0.15, -0.1) is 0 Å². The second kappa shape index (κ2) is 8.62. The molecule has 1 aromatic heterocycles. The molecule has 0 amide bonds. The maximum Gasteiger partial charge on any atom is 0.169 e. The molecule has 1 fully saturated rings. The van der Waals surface area contributed by atoms with Gasteiger partial charge in [0.1, 0.15) is 5.58 Å². The highest BCUT2D eigenvalue weighted by Gasteiger charge is 2.20. The van der Waals surface area contributed by atoms with Crippen LogP contribution in [0.3, 0.4) is 0 Å². The molecule has 0 bridgehead atoms. The molecule has 1 saturated heterocycles. The minimum atomic E-state index is -0.155. The zero-order valence-corrected chi connectivity index (χ0v) is 14.7. The van der Waals surface area contributed by atoms with Crippen molar-refractivity contribution < 1.29 is 13.9 Å². The average Bonchev–Trinajstić information content (AvgIpc) is 3.05. The molecule has 1 aromatic carbocycles. The van der Waals surface area contributed by atoms with Crippen molar-refractivity contribution in [1.82, 2.24) is 10.2 Å². The maximum atomic E-state index is 5.63. The number of nitrogens with zero attached hydrogens (tertiary/aromatic N) is 1. The van der Waals surface area contributed by atoms with Gasteiger partial charge in [0.05, 0.1) is 6.26 Å². The van der Waals surface area contributed by atoms with Crippen molar-refractivity contribution in [2.75, 3.05) is 40.4 Å². The van der Waals surface area contributed by atoms with Gasteiger partial charge < -0.3 is 24.1 Å². The van der Waals surface area contributed by atoms with Crippen molar-refractivity contribution in [3.8, 4) is 0 Å². The molecule has 1 aliphatic heterocycles. The van der Waals surface area contributed by atoms with Gasteiger partial charge in [0, 0.05) is 38.7 Å². The third-order valence-electron chi connectivity index (χ3n) is 4.95. The zero-order chi connectivity index (χ0) is 16.8. The van der Waals surface area contributed by atoms with Crippen molar-refractivity contribution in [1.29, 1.82) is 0 Å². The molecule has 0 atom stereocenters. The van der Waals surface area contributed by atoms with Gasteiger partial charge in [0.15, 0.2) is 6.29 Å². The van der Waals surface area contributed by atoms with Crippen LogP contribution >= 0.6 is 0 Å². The van der Waals surface area contributed by atoms with E-state index < -0.39 is 0 Å². The van der Waals surface area contributed by atoms with Crippen LogP contribution in [0.5, 0.6) is 0 Å². The van der Waals surface area contributed by atoms with Gasteiger partial charge in [-0.25, -0.2) is 0 Å². The van der Waals surface area contributed by atoms with Crippen LogP contribution in [-0.4, -0.2) is 57.6 Å². The van der Waals surface area contributed by atoms with Crippen LogP contribution in [0.15, 0.2) is 34.9 Å². The van der Waals surface area contributed by atoms with Crippen molar-refractivity contribution in [3.63, 3.8) is 0 Å². The molecule has 1 aliphatic rings. The van der Waals surface area contributed by atoms with Crippen LogP contribution in [-0.2, 0) is 15.9 Å². The van der Waals surface area contributed by atoms with E-state index in [0.717, 1.165) is 38.2 Å². The summed E-state index contributed by atoms with van der Waals surface area (Å²) in [4.78, 5) is 2.55. The molecule has 3 rings (SSSR count). The quantitative estimate of drug-likeness (QED) is 0.753. The summed E-state index contributed by atoms with van der Waals surface area (Å²) in [5, 5.41) is 4.80. The summed E-state index contributed by atoms with van der Waals surface area (Å²) >= 11 is 0. The van der Waals surface area contributed by atoms with Gasteiger partial charge >= 0.3 is 0 Å². The molecule has 0 aliphatic carbocycles. The summed E-state index contributed by atoms with van der Waals surface area (Å²) in [5.74, 6) is 0. The maximum absolute atomic E-state index is 5.63. The summed E-state index contributed by atoms with van der Waals surface area (Å²) in [5.41, 5.74) is 2.30. The smallest absolute Gasteiger partial charge is 0.169 e. The van der Waals surface area contributed by atoms with Crippen molar-refractivity contribution in [2.24, 2.45) is 0 Å². The molecule has 0 saturated carbocycles. The van der Waals surface area contributed by atoms with Gasteiger partial charge in [-0.3, -0.25) is 0 Å². The zero-order valence-electron chi connectivity index (χ0n) is 14.7. The summed E-state index contributed by atoms with van der Waals surface area (Å²) in [6.45, 7) is 4.11. The lowest BCUT2D eigenvalue weighted by Gasteiger charge is -2.33. The van der Waals surface area contributed by atoms with Crippen LogP contribution in [0.25, 0.3) is 11.0 Å². The second-order valence-electron chi connectivity index (χ2n) is 6.43. The molecule has 132 valence electrons. The summed E-state index contributed by atoms with van der Waals surface area (Å²) in [6, 6.07) is 8.83. The number of benzene rings is 1. The highest BCUT2D eigenvalue weighted by molar-refractivity contribution is 5.80. The third kappa shape index (κ3) is 4.36. The van der Waals surface area contributed by atoms with Crippen LogP contribution in [0.2, 0.25) is 0 Å². The monoisotopic (exact) mass is 332 g/mol. The predicted octanol–water partition coefficient (Wildman–Crippen LogP) is 2.65. The van der Waals surface area contributed by atoms with E-state index in [1.165, 1.54) is 23.8 Å². The van der Waals surface area contributed by atoms with E-state index in [9.17, 15) is 0 Å². The minimum Gasteiger partial charge on any atom is -0.464 e. The van der Waals surface area contributed by atoms with E-state index >= 15 is 0 Å². The number of methoxy groups -OCH3 is 2. The SMILES string of the molecule is COC(CNC1CCN(CCc2coc3ccccc23)CC1)OC. The Kier molecular flexibility index (Phi) is 6.26. The fourth-order valence-electron chi connectivity index (χ4n) is 3.39. The largest absolute Gasteiger partial charge is 0.464 e. The van der Waals surface area contributed by atoms with Gasteiger partial charge in [-0.05, 0) is 44.0 Å². The van der Waals surface area contributed by atoms with Crippen molar-refractivity contribution in [2.45, 2.75) is 31.6 Å². The number of ether oxygens (including phenoxy) is 2. The standard InChI is InChI=1S/C19H28N2O3/c1-22-19(23-2)13-20-16-8-11-21(12-9-16)10-7-15-14-24-18-6-4-3-5-17(15)18/h3-6,14,16,19-20H,7-13H2,1-2H3. The number of fused-ring (bicyclic) bond motifs is 1. The number of piperidine rings is 1. The number of furan rings is 1. The van der Waals surface area contributed by atoms with E-state index in [0.29, 0.717) is 6.04 Å². The van der Waals surface area contributed by atoms with E-state index in [2.05, 4.69) is 22.3 Å². The number of para-hydroxylation sites is 1. The Morgan fingerprint density at radius 2 is 1.96 bits per heavy atom. The van der Waals surface area contributed by atoms with Gasteiger partial charge in [0.25, 0.3) is 0 Å². The lowest BCUT2D eigenvalue weighted by atomic mass is 10.0. The lowest BCUT2D eigenvalue weighted by Crippen LogP contribution is -2.45. The molecule has 2 heterocycles. The Morgan fingerprint density at radius 1 is 1.21 bits per heavy atom. The minimum absolute atomic E-state index is 0.155. The number of nitrogens with one attached hydrogen (secondary N) is 1. The van der Waals surface area contributed by atoms with Crippen molar-refractivity contribution in [3.05, 3.63) is 36.1 Å². The molecule has 1 N–H and O–H groups in total. The van der Waals surface area contributed by atoms with Gasteiger partial charge in [-0.2, -0.15) is 0 Å². The van der Waals surface area contributed by atoms with E-state index in [1.54, 1.807) is 14.2 Å². The highest BCUT2D eigenvalue weighted by atomic mass is 16.7. The van der Waals surface area contributed by atoms with E-state index in [4.69, 9.17) is 13.9 Å². The number of hydrogen-bond donors (Lipinski definition) is 1. The Morgan fingerprint density at radius 3 is 2.71 bits per heavy atom. The Balaban J connectivity index is 1.41. The first-order valence-corrected chi connectivity index (χ1v) is 8.76. The first kappa shape index (κ1) is 17.4. The van der Waals surface area contributed by atoms with Crippen LogP contribution in [0.4, 0.5) is 0 Å². The first-order valence-electron chi connectivity index (χ1n) is 8.76. The second-order valence-corrected chi connectivity index (χ2v) is 6.43. The molecule has 2 aromatic rings.